The third-order valence-electron chi connectivity index (χ3n) is 4.13. The van der Waals surface area contributed by atoms with Crippen molar-refractivity contribution in [2.75, 3.05) is 5.32 Å². The highest BCUT2D eigenvalue weighted by Crippen LogP contribution is 2.24. The van der Waals surface area contributed by atoms with Crippen LogP contribution in [0.5, 0.6) is 0 Å². The second kappa shape index (κ2) is 8.02. The fraction of sp³-hybridized carbons (Fsp3) is 0.100. The number of hydrogen-bond donors (Lipinski definition) is 2. The molecule has 2 heterocycles. The zero-order valence-electron chi connectivity index (χ0n) is 15.3. The molecule has 2 aromatic carbocycles. The summed E-state index contributed by atoms with van der Waals surface area (Å²) in [5, 5.41) is 11.0. The van der Waals surface area contributed by atoms with E-state index in [9.17, 15) is 9.59 Å². The number of halogens is 1. The Bertz CT molecular complexity index is 1230. The summed E-state index contributed by atoms with van der Waals surface area (Å²) in [5.74, 6) is 0. The molecule has 2 amide bonds. The molecule has 0 unspecified atom stereocenters. The van der Waals surface area contributed by atoms with Crippen molar-refractivity contribution >= 4 is 39.6 Å². The van der Waals surface area contributed by atoms with Gasteiger partial charge in [0.1, 0.15) is 5.01 Å². The van der Waals surface area contributed by atoms with Crippen LogP contribution >= 0.6 is 22.9 Å². The molecule has 0 spiro atoms. The highest BCUT2D eigenvalue weighted by atomic mass is 35.5. The predicted octanol–water partition coefficient (Wildman–Crippen LogP) is 4.10. The summed E-state index contributed by atoms with van der Waals surface area (Å²) < 4.78 is 1.27. The monoisotopic (exact) mass is 425 g/mol. The molecule has 4 aromatic rings. The summed E-state index contributed by atoms with van der Waals surface area (Å²) >= 11 is 7.15. The minimum Gasteiger partial charge on any atom is -0.332 e. The summed E-state index contributed by atoms with van der Waals surface area (Å²) in [5.41, 5.74) is 2.85. The molecule has 9 heteroatoms. The summed E-state index contributed by atoms with van der Waals surface area (Å²) in [6.45, 7) is 2.12. The normalized spacial score (nSPS) is 10.8. The van der Waals surface area contributed by atoms with Gasteiger partial charge in [0.15, 0.2) is 0 Å². The summed E-state index contributed by atoms with van der Waals surface area (Å²) in [6.07, 6.45) is 0. The number of anilines is 1. The van der Waals surface area contributed by atoms with E-state index in [1.807, 2.05) is 31.2 Å². The van der Waals surface area contributed by atoms with E-state index in [2.05, 4.69) is 20.7 Å². The van der Waals surface area contributed by atoms with Crippen LogP contribution in [-0.2, 0) is 6.54 Å². The van der Waals surface area contributed by atoms with E-state index in [4.69, 9.17) is 11.6 Å². The summed E-state index contributed by atoms with van der Waals surface area (Å²) in [6, 6.07) is 15.6. The molecule has 0 fully saturated rings. The number of carbonyl (C=O) groups is 1. The summed E-state index contributed by atoms with van der Waals surface area (Å²) in [4.78, 5) is 29.4. The van der Waals surface area contributed by atoms with Gasteiger partial charge in [0, 0.05) is 22.3 Å². The number of aryl methyl sites for hydroxylation is 1. The number of carbonyl (C=O) groups excluding carboxylic acids is 1. The van der Waals surface area contributed by atoms with Crippen LogP contribution in [0.25, 0.3) is 15.5 Å². The Labute approximate surface area is 175 Å². The Morgan fingerprint density at radius 3 is 2.59 bits per heavy atom. The third-order valence-corrected chi connectivity index (χ3v) is 5.34. The first kappa shape index (κ1) is 19.1. The maximum atomic E-state index is 12.4. The molecule has 146 valence electrons. The lowest BCUT2D eigenvalue weighted by Gasteiger charge is -2.07. The molecule has 0 bridgehead atoms. The minimum atomic E-state index is -0.404. The average Bonchev–Trinajstić information content (AvgIpc) is 3.13. The lowest BCUT2D eigenvalue weighted by Crippen LogP contribution is -2.29. The molecule has 4 rings (SSSR count). The van der Waals surface area contributed by atoms with E-state index < -0.39 is 6.03 Å². The van der Waals surface area contributed by atoms with Crippen LogP contribution in [0.3, 0.4) is 0 Å². The molecule has 0 aliphatic rings. The van der Waals surface area contributed by atoms with Gasteiger partial charge in [-0.2, -0.15) is 9.61 Å². The minimum absolute atomic E-state index is 0.114. The zero-order valence-corrected chi connectivity index (χ0v) is 16.9. The third kappa shape index (κ3) is 4.44. The zero-order chi connectivity index (χ0) is 20.4. The first-order valence-electron chi connectivity index (χ1n) is 8.75. The second-order valence-corrected chi connectivity index (χ2v) is 7.76. The second-order valence-electron chi connectivity index (χ2n) is 6.37. The molecule has 29 heavy (non-hydrogen) atoms. The van der Waals surface area contributed by atoms with Crippen LogP contribution in [0.15, 0.2) is 59.4 Å². The van der Waals surface area contributed by atoms with Crippen molar-refractivity contribution in [3.8, 4) is 10.6 Å². The van der Waals surface area contributed by atoms with Gasteiger partial charge in [-0.1, -0.05) is 52.8 Å². The predicted molar refractivity (Wildman–Crippen MR) is 115 cm³/mol. The van der Waals surface area contributed by atoms with Gasteiger partial charge in [0.05, 0.1) is 12.2 Å². The molecule has 0 aliphatic carbocycles. The standard InChI is InChI=1S/C20H16ClN5O2S/c1-12-2-4-13(5-3-12)18-25-26-17(27)10-16(24-20(26)29-18)11-22-19(28)23-15-8-6-14(21)7-9-15/h2-10H,11H2,1H3,(H2,22,23,28). The van der Waals surface area contributed by atoms with Crippen LogP contribution in [0, 0.1) is 6.92 Å². The highest BCUT2D eigenvalue weighted by Gasteiger charge is 2.11. The number of aromatic nitrogens is 3. The smallest absolute Gasteiger partial charge is 0.319 e. The van der Waals surface area contributed by atoms with Gasteiger partial charge < -0.3 is 10.6 Å². The van der Waals surface area contributed by atoms with Crippen molar-refractivity contribution in [1.29, 1.82) is 0 Å². The van der Waals surface area contributed by atoms with Crippen LogP contribution in [0.1, 0.15) is 11.3 Å². The Hall–Kier alpha value is -3.23. The van der Waals surface area contributed by atoms with Gasteiger partial charge in [-0.05, 0) is 31.2 Å². The van der Waals surface area contributed by atoms with E-state index >= 15 is 0 Å². The number of fused-ring (bicyclic) bond motifs is 1. The molecule has 2 N–H and O–H groups in total. The molecular weight excluding hydrogens is 410 g/mol. The van der Waals surface area contributed by atoms with Gasteiger partial charge in [0.2, 0.25) is 4.96 Å². The van der Waals surface area contributed by atoms with Crippen LogP contribution in [0.2, 0.25) is 5.02 Å². The van der Waals surface area contributed by atoms with Gasteiger partial charge in [0.25, 0.3) is 5.56 Å². The Morgan fingerprint density at radius 1 is 1.14 bits per heavy atom. The van der Waals surface area contributed by atoms with E-state index in [1.165, 1.54) is 21.9 Å². The van der Waals surface area contributed by atoms with Crippen molar-refractivity contribution in [3.05, 3.63) is 81.2 Å². The molecule has 0 saturated carbocycles. The number of rotatable bonds is 4. The first-order valence-corrected chi connectivity index (χ1v) is 9.95. The maximum absolute atomic E-state index is 12.4. The first-order chi connectivity index (χ1) is 14.0. The van der Waals surface area contributed by atoms with Crippen molar-refractivity contribution in [1.82, 2.24) is 19.9 Å². The molecule has 0 radical (unpaired) electrons. The van der Waals surface area contributed by atoms with Crippen LogP contribution < -0.4 is 16.2 Å². The number of nitrogens with one attached hydrogen (secondary N) is 2. The van der Waals surface area contributed by atoms with Gasteiger partial charge in [-0.15, -0.1) is 0 Å². The van der Waals surface area contributed by atoms with E-state index in [0.717, 1.165) is 11.1 Å². The topological polar surface area (TPSA) is 88.4 Å². The maximum Gasteiger partial charge on any atom is 0.319 e. The molecule has 7 nitrogen and oxygen atoms in total. The van der Waals surface area contributed by atoms with Crippen molar-refractivity contribution < 1.29 is 4.79 Å². The Morgan fingerprint density at radius 2 is 1.86 bits per heavy atom. The van der Waals surface area contributed by atoms with Crippen molar-refractivity contribution in [2.24, 2.45) is 0 Å². The van der Waals surface area contributed by atoms with Gasteiger partial charge in [-0.3, -0.25) is 4.79 Å². The van der Waals surface area contributed by atoms with Gasteiger partial charge >= 0.3 is 6.03 Å². The highest BCUT2D eigenvalue weighted by molar-refractivity contribution is 7.19. The van der Waals surface area contributed by atoms with E-state index in [1.54, 1.807) is 24.3 Å². The SMILES string of the molecule is Cc1ccc(-c2nn3c(=O)cc(CNC(=O)Nc4ccc(Cl)cc4)nc3s2)cc1. The number of urea groups is 1. The molecule has 0 aliphatic heterocycles. The Balaban J connectivity index is 1.49. The van der Waals surface area contributed by atoms with Crippen LogP contribution in [-0.4, -0.2) is 20.6 Å². The van der Waals surface area contributed by atoms with E-state index in [0.29, 0.717) is 26.4 Å². The van der Waals surface area contributed by atoms with Gasteiger partial charge in [-0.25, -0.2) is 9.78 Å². The van der Waals surface area contributed by atoms with E-state index in [-0.39, 0.29) is 12.1 Å². The number of hydrogen-bond acceptors (Lipinski definition) is 5. The fourth-order valence-electron chi connectivity index (χ4n) is 2.64. The van der Waals surface area contributed by atoms with Crippen molar-refractivity contribution in [2.45, 2.75) is 13.5 Å². The Kier molecular flexibility index (Phi) is 5.28. The largest absolute Gasteiger partial charge is 0.332 e. The lowest BCUT2D eigenvalue weighted by molar-refractivity contribution is 0.251. The quantitative estimate of drug-likeness (QED) is 0.515. The number of amides is 2. The number of benzene rings is 2. The average molecular weight is 426 g/mol. The van der Waals surface area contributed by atoms with Crippen LogP contribution in [0.4, 0.5) is 10.5 Å². The lowest BCUT2D eigenvalue weighted by atomic mass is 10.2. The molecule has 2 aromatic heterocycles. The molecule has 0 atom stereocenters. The number of nitrogens with zero attached hydrogens (tertiary/aromatic N) is 3. The molecule has 0 saturated heterocycles. The van der Waals surface area contributed by atoms with Crippen molar-refractivity contribution in [3.63, 3.8) is 0 Å². The summed E-state index contributed by atoms with van der Waals surface area (Å²) in [7, 11) is 0. The fourth-order valence-corrected chi connectivity index (χ4v) is 3.69. The molecular formula is C20H16ClN5O2S.